The van der Waals surface area contributed by atoms with Crippen molar-refractivity contribution in [1.82, 2.24) is 34.6 Å². The zero-order valence-electron chi connectivity index (χ0n) is 18.5. The van der Waals surface area contributed by atoms with Crippen molar-refractivity contribution in [2.24, 2.45) is 12.8 Å². The average molecular weight is 466 g/mol. The third kappa shape index (κ3) is 4.71. The number of carbonyl (C=O) groups excluding carboxylic acids is 1. The number of benzene rings is 1. The van der Waals surface area contributed by atoms with Crippen LogP contribution in [0.4, 0.5) is 11.8 Å². The Balaban J connectivity index is 1.57. The molecule has 10 nitrogen and oxygen atoms in total. The second-order valence-corrected chi connectivity index (χ2v) is 8.27. The zero-order chi connectivity index (χ0) is 23.6. The lowest BCUT2D eigenvalue weighted by Crippen LogP contribution is -2.48. The number of hydrogen-bond acceptors (Lipinski definition) is 7. The molecule has 3 heterocycles. The Labute approximate surface area is 195 Å². The highest BCUT2D eigenvalue weighted by Gasteiger charge is 2.28. The van der Waals surface area contributed by atoms with Crippen LogP contribution < -0.4 is 16.4 Å². The van der Waals surface area contributed by atoms with Gasteiger partial charge in [0.1, 0.15) is 23.7 Å². The molecule has 0 spiro atoms. The lowest BCUT2D eigenvalue weighted by atomic mass is 9.92. The number of carbonyl (C=O) groups is 1. The fourth-order valence-corrected chi connectivity index (χ4v) is 3.50. The van der Waals surface area contributed by atoms with Crippen molar-refractivity contribution in [3.63, 3.8) is 0 Å². The lowest BCUT2D eigenvalue weighted by Gasteiger charge is -2.29. The van der Waals surface area contributed by atoms with Gasteiger partial charge in [-0.25, -0.2) is 9.97 Å². The van der Waals surface area contributed by atoms with Gasteiger partial charge in [-0.15, -0.1) is 0 Å². The number of aromatic nitrogens is 6. The molecule has 0 radical (unpaired) electrons. The standard InChI is InChI=1S/C22H24ClN9O/c1-14-10-25-21(28-18-7-8-27-31(18)3)29-19(14)32-11-17(26-13-32)20(33)30-22(2,12-24)15-5-4-6-16(23)9-15/h4-11,13H,12,24H2,1-3H3,(H,30,33)(H,25,28,29)/t22-/m0/s1. The third-order valence-electron chi connectivity index (χ3n) is 5.33. The molecular formula is C22H24ClN9O. The molecule has 0 unspecified atom stereocenters. The quantitative estimate of drug-likeness (QED) is 0.382. The van der Waals surface area contributed by atoms with E-state index >= 15 is 0 Å². The van der Waals surface area contributed by atoms with Crippen molar-refractivity contribution < 1.29 is 4.79 Å². The fourth-order valence-electron chi connectivity index (χ4n) is 3.31. The molecule has 0 aliphatic carbocycles. The van der Waals surface area contributed by atoms with Crippen LogP contribution in [0.2, 0.25) is 5.02 Å². The SMILES string of the molecule is Cc1cnc(Nc2ccnn2C)nc1-n1cnc(C(=O)N[C@@](C)(CN)c2cccc(Cl)c2)c1. The Hall–Kier alpha value is -3.76. The van der Waals surface area contributed by atoms with Crippen LogP contribution in [-0.4, -0.2) is 41.8 Å². The van der Waals surface area contributed by atoms with Crippen molar-refractivity contribution in [2.75, 3.05) is 11.9 Å². The second-order valence-electron chi connectivity index (χ2n) is 7.83. The van der Waals surface area contributed by atoms with E-state index in [1.165, 1.54) is 6.33 Å². The first-order chi connectivity index (χ1) is 15.8. The molecule has 4 rings (SSSR count). The van der Waals surface area contributed by atoms with Crippen LogP contribution >= 0.6 is 11.6 Å². The molecule has 3 aromatic heterocycles. The largest absolute Gasteiger partial charge is 0.340 e. The molecule has 11 heteroatoms. The van der Waals surface area contributed by atoms with Gasteiger partial charge in [0.2, 0.25) is 5.95 Å². The first-order valence-corrected chi connectivity index (χ1v) is 10.6. The van der Waals surface area contributed by atoms with E-state index in [9.17, 15) is 4.79 Å². The summed E-state index contributed by atoms with van der Waals surface area (Å²) in [6.45, 7) is 3.92. The summed E-state index contributed by atoms with van der Waals surface area (Å²) >= 11 is 6.12. The van der Waals surface area contributed by atoms with Crippen LogP contribution in [0.1, 0.15) is 28.5 Å². The molecule has 0 aliphatic rings. The minimum Gasteiger partial charge on any atom is -0.340 e. The van der Waals surface area contributed by atoms with Gasteiger partial charge in [0.05, 0.1) is 11.7 Å². The molecule has 4 aromatic rings. The number of rotatable bonds is 7. The number of hydrogen-bond donors (Lipinski definition) is 3. The summed E-state index contributed by atoms with van der Waals surface area (Å²) in [6, 6.07) is 9.07. The summed E-state index contributed by atoms with van der Waals surface area (Å²) in [4.78, 5) is 26.2. The molecule has 0 bridgehead atoms. The Kier molecular flexibility index (Phi) is 6.12. The second kappa shape index (κ2) is 9.00. The number of nitrogens with zero attached hydrogens (tertiary/aromatic N) is 6. The van der Waals surface area contributed by atoms with Gasteiger partial charge in [0, 0.05) is 42.6 Å². The lowest BCUT2D eigenvalue weighted by molar-refractivity contribution is 0.0902. The number of nitrogens with one attached hydrogen (secondary N) is 2. The molecule has 0 aliphatic heterocycles. The van der Waals surface area contributed by atoms with Gasteiger partial charge in [0.15, 0.2) is 0 Å². The van der Waals surface area contributed by atoms with E-state index in [1.54, 1.807) is 40.0 Å². The van der Waals surface area contributed by atoms with Gasteiger partial charge in [-0.3, -0.25) is 14.0 Å². The van der Waals surface area contributed by atoms with Crippen molar-refractivity contribution in [3.8, 4) is 5.82 Å². The minimum absolute atomic E-state index is 0.188. The van der Waals surface area contributed by atoms with Gasteiger partial charge in [-0.2, -0.15) is 10.1 Å². The molecule has 0 saturated heterocycles. The number of halogens is 1. The van der Waals surface area contributed by atoms with E-state index in [-0.39, 0.29) is 18.1 Å². The van der Waals surface area contributed by atoms with E-state index in [1.807, 2.05) is 39.1 Å². The molecule has 33 heavy (non-hydrogen) atoms. The number of anilines is 2. The van der Waals surface area contributed by atoms with Crippen LogP contribution in [0.3, 0.4) is 0 Å². The topological polar surface area (TPSA) is 129 Å². The van der Waals surface area contributed by atoms with Crippen molar-refractivity contribution >= 4 is 29.3 Å². The Morgan fingerprint density at radius 3 is 2.79 bits per heavy atom. The third-order valence-corrected chi connectivity index (χ3v) is 5.56. The minimum atomic E-state index is -0.809. The van der Waals surface area contributed by atoms with Gasteiger partial charge >= 0.3 is 0 Å². The van der Waals surface area contributed by atoms with Crippen molar-refractivity contribution in [3.05, 3.63) is 77.1 Å². The summed E-state index contributed by atoms with van der Waals surface area (Å²) < 4.78 is 3.36. The highest BCUT2D eigenvalue weighted by molar-refractivity contribution is 6.30. The maximum Gasteiger partial charge on any atom is 0.272 e. The number of aryl methyl sites for hydroxylation is 2. The van der Waals surface area contributed by atoms with Crippen LogP contribution in [0.25, 0.3) is 5.82 Å². The predicted molar refractivity (Wildman–Crippen MR) is 126 cm³/mol. The Morgan fingerprint density at radius 2 is 2.09 bits per heavy atom. The molecule has 0 saturated carbocycles. The average Bonchev–Trinajstić information content (AvgIpc) is 3.44. The van der Waals surface area contributed by atoms with Crippen LogP contribution in [0.15, 0.2) is 55.2 Å². The monoisotopic (exact) mass is 465 g/mol. The predicted octanol–water partition coefficient (Wildman–Crippen LogP) is 2.71. The van der Waals surface area contributed by atoms with E-state index in [2.05, 4.69) is 30.7 Å². The maximum absolute atomic E-state index is 13.0. The highest BCUT2D eigenvalue weighted by Crippen LogP contribution is 2.23. The van der Waals surface area contributed by atoms with E-state index < -0.39 is 5.54 Å². The molecule has 0 fully saturated rings. The summed E-state index contributed by atoms with van der Waals surface area (Å²) in [5.41, 5.74) is 7.05. The van der Waals surface area contributed by atoms with Gasteiger partial charge < -0.3 is 16.4 Å². The van der Waals surface area contributed by atoms with Crippen molar-refractivity contribution in [1.29, 1.82) is 0 Å². The van der Waals surface area contributed by atoms with Crippen LogP contribution in [0.5, 0.6) is 0 Å². The first kappa shape index (κ1) is 22.4. The summed E-state index contributed by atoms with van der Waals surface area (Å²) in [5, 5.41) is 10.8. The van der Waals surface area contributed by atoms with Gasteiger partial charge in [-0.1, -0.05) is 23.7 Å². The van der Waals surface area contributed by atoms with Crippen LogP contribution in [0, 0.1) is 6.92 Å². The first-order valence-electron chi connectivity index (χ1n) is 10.2. The molecule has 170 valence electrons. The Bertz CT molecular complexity index is 1300. The summed E-state index contributed by atoms with van der Waals surface area (Å²) in [7, 11) is 1.82. The maximum atomic E-state index is 13.0. The molecule has 1 amide bonds. The number of nitrogens with two attached hydrogens (primary N) is 1. The molecular weight excluding hydrogens is 442 g/mol. The van der Waals surface area contributed by atoms with E-state index in [0.29, 0.717) is 16.8 Å². The van der Waals surface area contributed by atoms with Gasteiger partial charge in [-0.05, 0) is 31.5 Å². The number of amides is 1. The van der Waals surface area contributed by atoms with E-state index in [0.717, 1.165) is 16.9 Å². The molecule has 1 atom stereocenters. The number of imidazole rings is 1. The Morgan fingerprint density at radius 1 is 1.27 bits per heavy atom. The highest BCUT2D eigenvalue weighted by atomic mass is 35.5. The molecule has 4 N–H and O–H groups in total. The van der Waals surface area contributed by atoms with Gasteiger partial charge in [0.25, 0.3) is 5.91 Å². The smallest absolute Gasteiger partial charge is 0.272 e. The van der Waals surface area contributed by atoms with Crippen molar-refractivity contribution in [2.45, 2.75) is 19.4 Å². The fraction of sp³-hybridized carbons (Fsp3) is 0.227. The molecule has 1 aromatic carbocycles. The van der Waals surface area contributed by atoms with E-state index in [4.69, 9.17) is 17.3 Å². The zero-order valence-corrected chi connectivity index (χ0v) is 19.2. The normalized spacial score (nSPS) is 12.9. The summed E-state index contributed by atoms with van der Waals surface area (Å²) in [5.74, 6) is 1.38. The van der Waals surface area contributed by atoms with Crippen LogP contribution in [-0.2, 0) is 12.6 Å². The summed E-state index contributed by atoms with van der Waals surface area (Å²) in [6.07, 6.45) is 6.53.